The summed E-state index contributed by atoms with van der Waals surface area (Å²) in [6.45, 7) is 14.9. The molecule has 0 saturated heterocycles. The highest BCUT2D eigenvalue weighted by molar-refractivity contribution is 7.86. The van der Waals surface area contributed by atoms with Gasteiger partial charge in [-0.1, -0.05) is 37.4 Å². The van der Waals surface area contributed by atoms with Gasteiger partial charge in [0.1, 0.15) is 13.2 Å². The number of hydrogen-bond acceptors (Lipinski definition) is 10. The topological polar surface area (TPSA) is 142 Å². The first-order chi connectivity index (χ1) is 16.3. The molecule has 0 aromatic heterocycles. The van der Waals surface area contributed by atoms with Crippen LogP contribution in [0.3, 0.4) is 0 Å². The predicted octanol–water partition coefficient (Wildman–Crippen LogP) is 2.65. The van der Waals surface area contributed by atoms with Crippen LogP contribution in [0.5, 0.6) is 0 Å². The first kappa shape index (κ1) is 33.9. The van der Waals surface area contributed by atoms with E-state index in [0.717, 1.165) is 11.6 Å². The number of benzene rings is 1. The van der Waals surface area contributed by atoms with E-state index >= 15 is 0 Å². The molecule has 0 saturated carbocycles. The number of esters is 3. The van der Waals surface area contributed by atoms with E-state index in [2.05, 4.69) is 33.9 Å². The lowest BCUT2D eigenvalue weighted by Gasteiger charge is -2.06. The Kier molecular flexibility index (Phi) is 18.5. The summed E-state index contributed by atoms with van der Waals surface area (Å²) in [5.74, 6) is -1.36. The van der Waals surface area contributed by atoms with Gasteiger partial charge in [-0.3, -0.25) is 4.18 Å². The lowest BCUT2D eigenvalue weighted by atomic mass is 10.2. The van der Waals surface area contributed by atoms with E-state index in [-0.39, 0.29) is 37.3 Å². The van der Waals surface area contributed by atoms with Crippen LogP contribution < -0.4 is 0 Å². The van der Waals surface area contributed by atoms with Gasteiger partial charge in [-0.25, -0.2) is 14.4 Å². The van der Waals surface area contributed by atoms with E-state index in [9.17, 15) is 22.8 Å². The van der Waals surface area contributed by atoms with Gasteiger partial charge < -0.3 is 19.3 Å². The molecule has 0 fully saturated rings. The van der Waals surface area contributed by atoms with Crippen molar-refractivity contribution in [3.8, 4) is 0 Å². The molecule has 0 aliphatic rings. The zero-order valence-electron chi connectivity index (χ0n) is 20.6. The predicted molar refractivity (Wildman–Crippen MR) is 130 cm³/mol. The first-order valence-electron chi connectivity index (χ1n) is 10.2. The monoisotopic (exact) mass is 514 g/mol. The quantitative estimate of drug-likeness (QED) is 0.154. The molecule has 10 nitrogen and oxygen atoms in total. The standard InChI is InChI=1S/C12H14O5S.C7H12O3.C5H8O2/c1-3-12(13)16-8-9-17-18(14,15)11-6-4-10(2)5-7-11;1-6(2)7(9)10-5-3-4-8;1-4(2)5(6)7-3/h3-7H,1,8-9H2,2H3;8H,1,3-5H2,2H3;1H2,2-3H3. The second-order valence-corrected chi connectivity index (χ2v) is 8.34. The molecular weight excluding hydrogens is 480 g/mol. The van der Waals surface area contributed by atoms with Gasteiger partial charge in [-0.05, 0) is 32.9 Å². The summed E-state index contributed by atoms with van der Waals surface area (Å²) >= 11 is 0. The Balaban J connectivity index is 0. The van der Waals surface area contributed by atoms with Crippen molar-refractivity contribution in [3.63, 3.8) is 0 Å². The third-order valence-corrected chi connectivity index (χ3v) is 4.79. The van der Waals surface area contributed by atoms with Crippen molar-refractivity contribution in [2.24, 2.45) is 0 Å². The van der Waals surface area contributed by atoms with Crippen molar-refractivity contribution >= 4 is 28.0 Å². The van der Waals surface area contributed by atoms with Crippen LogP contribution in [0.4, 0.5) is 0 Å². The fourth-order valence-electron chi connectivity index (χ4n) is 1.64. The van der Waals surface area contributed by atoms with Crippen LogP contribution in [-0.2, 0) is 42.9 Å². The third kappa shape index (κ3) is 17.8. The lowest BCUT2D eigenvalue weighted by molar-refractivity contribution is -0.139. The van der Waals surface area contributed by atoms with Gasteiger partial charge in [0, 0.05) is 30.2 Å². The number of ether oxygens (including phenoxy) is 3. The summed E-state index contributed by atoms with van der Waals surface area (Å²) in [5.41, 5.74) is 1.77. The molecule has 0 unspecified atom stereocenters. The zero-order chi connectivity index (χ0) is 27.4. The van der Waals surface area contributed by atoms with Gasteiger partial charge in [-0.15, -0.1) is 0 Å². The Morgan fingerprint density at radius 2 is 1.49 bits per heavy atom. The highest BCUT2D eigenvalue weighted by Gasteiger charge is 2.14. The van der Waals surface area contributed by atoms with E-state index < -0.39 is 22.1 Å². The van der Waals surface area contributed by atoms with Crippen LogP contribution >= 0.6 is 0 Å². The minimum atomic E-state index is -3.80. The maximum absolute atomic E-state index is 11.7. The molecule has 196 valence electrons. The number of hydrogen-bond donors (Lipinski definition) is 1. The molecule has 0 atom stereocenters. The summed E-state index contributed by atoms with van der Waals surface area (Å²) in [4.78, 5) is 31.6. The number of aryl methyl sites for hydroxylation is 1. The molecule has 0 aliphatic carbocycles. The second-order valence-electron chi connectivity index (χ2n) is 6.73. The van der Waals surface area contributed by atoms with Gasteiger partial charge in [0.15, 0.2) is 0 Å². The second kappa shape index (κ2) is 19.1. The van der Waals surface area contributed by atoms with E-state index in [1.165, 1.54) is 19.2 Å². The minimum absolute atomic E-state index is 0.0451. The molecule has 1 aromatic rings. The molecular formula is C24H34O10S. The Labute approximate surface area is 207 Å². The van der Waals surface area contributed by atoms with Gasteiger partial charge in [-0.2, -0.15) is 8.42 Å². The summed E-state index contributed by atoms with van der Waals surface area (Å²) in [5, 5.41) is 8.30. The number of carbonyl (C=O) groups excluding carboxylic acids is 3. The summed E-state index contributed by atoms with van der Waals surface area (Å²) in [6, 6.07) is 6.27. The molecule has 11 heteroatoms. The molecule has 0 amide bonds. The maximum Gasteiger partial charge on any atom is 0.333 e. The molecule has 0 radical (unpaired) electrons. The number of carbonyl (C=O) groups is 3. The number of methoxy groups -OCH3 is 1. The molecule has 1 rings (SSSR count). The van der Waals surface area contributed by atoms with Gasteiger partial charge in [0.2, 0.25) is 0 Å². The molecule has 0 spiro atoms. The Morgan fingerprint density at radius 1 is 0.943 bits per heavy atom. The summed E-state index contributed by atoms with van der Waals surface area (Å²) < 4.78 is 41.6. The zero-order valence-corrected chi connectivity index (χ0v) is 21.4. The SMILES string of the molecule is C=C(C)C(=O)OC.C=C(C)C(=O)OCCCO.C=CC(=O)OCCOS(=O)(=O)c1ccc(C)cc1. The van der Waals surface area contributed by atoms with Crippen LogP contribution in [0.1, 0.15) is 25.8 Å². The Hall–Kier alpha value is -3.28. The molecule has 1 aromatic carbocycles. The third-order valence-electron chi connectivity index (χ3n) is 3.46. The largest absolute Gasteiger partial charge is 0.466 e. The summed E-state index contributed by atoms with van der Waals surface area (Å²) in [6.07, 6.45) is 1.48. The van der Waals surface area contributed by atoms with Gasteiger partial charge in [0.05, 0.1) is 18.6 Å². The minimum Gasteiger partial charge on any atom is -0.466 e. The first-order valence-corrected chi connectivity index (χ1v) is 11.7. The lowest BCUT2D eigenvalue weighted by Crippen LogP contribution is -2.13. The molecule has 0 aliphatic heterocycles. The number of aliphatic hydroxyl groups excluding tert-OH is 1. The van der Waals surface area contributed by atoms with Crippen LogP contribution in [0, 0.1) is 6.92 Å². The van der Waals surface area contributed by atoms with Crippen molar-refractivity contribution in [1.29, 1.82) is 0 Å². The van der Waals surface area contributed by atoms with Crippen LogP contribution in [-0.4, -0.2) is 65.0 Å². The van der Waals surface area contributed by atoms with Crippen molar-refractivity contribution in [2.75, 3.05) is 33.5 Å². The van der Waals surface area contributed by atoms with Crippen LogP contribution in [0.15, 0.2) is 66.1 Å². The van der Waals surface area contributed by atoms with Crippen LogP contribution in [0.2, 0.25) is 0 Å². The van der Waals surface area contributed by atoms with Crippen molar-refractivity contribution in [3.05, 3.63) is 66.8 Å². The normalized spacial score (nSPS) is 9.74. The maximum atomic E-state index is 11.7. The van der Waals surface area contributed by atoms with E-state index in [1.807, 2.05) is 6.92 Å². The highest BCUT2D eigenvalue weighted by atomic mass is 32.2. The van der Waals surface area contributed by atoms with Crippen molar-refractivity contribution < 1.29 is 46.3 Å². The fraction of sp³-hybridized carbons (Fsp3) is 0.375. The van der Waals surface area contributed by atoms with E-state index in [1.54, 1.807) is 26.0 Å². The van der Waals surface area contributed by atoms with Gasteiger partial charge >= 0.3 is 17.9 Å². The number of rotatable bonds is 11. The van der Waals surface area contributed by atoms with Crippen LogP contribution in [0.25, 0.3) is 0 Å². The molecule has 0 heterocycles. The summed E-state index contributed by atoms with van der Waals surface area (Å²) in [7, 11) is -2.47. The average Bonchev–Trinajstić information content (AvgIpc) is 2.82. The van der Waals surface area contributed by atoms with Crippen molar-refractivity contribution in [1.82, 2.24) is 0 Å². The van der Waals surface area contributed by atoms with E-state index in [4.69, 9.17) is 9.29 Å². The van der Waals surface area contributed by atoms with Gasteiger partial charge in [0.25, 0.3) is 10.1 Å². The average molecular weight is 515 g/mol. The van der Waals surface area contributed by atoms with Crippen molar-refractivity contribution in [2.45, 2.75) is 32.1 Å². The Morgan fingerprint density at radius 3 is 1.89 bits per heavy atom. The molecule has 35 heavy (non-hydrogen) atoms. The molecule has 0 bridgehead atoms. The highest BCUT2D eigenvalue weighted by Crippen LogP contribution is 2.12. The Bertz CT molecular complexity index is 947. The smallest absolute Gasteiger partial charge is 0.333 e. The molecule has 1 N–H and O–H groups in total. The van der Waals surface area contributed by atoms with E-state index in [0.29, 0.717) is 17.6 Å². The number of aliphatic hydroxyl groups is 1. The fourth-order valence-corrected chi connectivity index (χ4v) is 2.54.